The van der Waals surface area contributed by atoms with E-state index in [9.17, 15) is 4.79 Å². The Balaban J connectivity index is 1.42. The molecule has 1 aliphatic carbocycles. The van der Waals surface area contributed by atoms with E-state index in [1.807, 2.05) is 36.4 Å². The SMILES string of the molecule is COc1ccc(CN2CCO[C@@H](CN(C(=O)c3ccc(C)cc3)C3CCCC3)C2)cc1. The topological polar surface area (TPSA) is 42.0 Å². The van der Waals surface area contributed by atoms with Gasteiger partial charge in [0.2, 0.25) is 0 Å². The number of carbonyl (C=O) groups is 1. The number of methoxy groups -OCH3 is 1. The van der Waals surface area contributed by atoms with Crippen molar-refractivity contribution in [2.45, 2.75) is 51.3 Å². The summed E-state index contributed by atoms with van der Waals surface area (Å²) in [6, 6.07) is 16.5. The molecular formula is C26H34N2O3. The van der Waals surface area contributed by atoms with E-state index in [2.05, 4.69) is 28.9 Å². The minimum atomic E-state index is 0.0435. The summed E-state index contributed by atoms with van der Waals surface area (Å²) in [6.07, 6.45) is 4.65. The number of morpholine rings is 1. The fourth-order valence-corrected chi connectivity index (χ4v) is 4.72. The third-order valence-corrected chi connectivity index (χ3v) is 6.51. The van der Waals surface area contributed by atoms with Crippen molar-refractivity contribution in [3.8, 4) is 5.75 Å². The Hall–Kier alpha value is -2.37. The predicted molar refractivity (Wildman–Crippen MR) is 122 cm³/mol. The molecule has 0 radical (unpaired) electrons. The van der Waals surface area contributed by atoms with Crippen LogP contribution in [0.15, 0.2) is 48.5 Å². The van der Waals surface area contributed by atoms with E-state index in [1.165, 1.54) is 24.0 Å². The zero-order valence-electron chi connectivity index (χ0n) is 18.8. The maximum atomic E-state index is 13.4. The van der Waals surface area contributed by atoms with Gasteiger partial charge in [0.1, 0.15) is 5.75 Å². The van der Waals surface area contributed by atoms with E-state index < -0.39 is 0 Å². The van der Waals surface area contributed by atoms with E-state index in [-0.39, 0.29) is 12.0 Å². The van der Waals surface area contributed by atoms with Gasteiger partial charge >= 0.3 is 0 Å². The van der Waals surface area contributed by atoms with Crippen LogP contribution in [0.5, 0.6) is 5.75 Å². The summed E-state index contributed by atoms with van der Waals surface area (Å²) in [5, 5.41) is 0. The van der Waals surface area contributed by atoms with Crippen molar-refractivity contribution in [2.75, 3.05) is 33.4 Å². The highest BCUT2D eigenvalue weighted by Gasteiger charge is 2.31. The quantitative estimate of drug-likeness (QED) is 0.668. The number of ether oxygens (including phenoxy) is 2. The molecule has 1 saturated heterocycles. The largest absolute Gasteiger partial charge is 0.497 e. The fourth-order valence-electron chi connectivity index (χ4n) is 4.72. The van der Waals surface area contributed by atoms with Crippen LogP contribution in [0.2, 0.25) is 0 Å². The first kappa shape index (κ1) is 21.8. The molecule has 5 nitrogen and oxygen atoms in total. The Morgan fingerprint density at radius 3 is 2.48 bits per heavy atom. The molecule has 5 heteroatoms. The van der Waals surface area contributed by atoms with Gasteiger partial charge in [-0.15, -0.1) is 0 Å². The lowest BCUT2D eigenvalue weighted by molar-refractivity contribution is -0.0468. The Morgan fingerprint density at radius 2 is 1.81 bits per heavy atom. The number of rotatable bonds is 7. The van der Waals surface area contributed by atoms with Crippen LogP contribution in [-0.2, 0) is 11.3 Å². The Bertz CT molecular complexity index is 844. The van der Waals surface area contributed by atoms with Crippen molar-refractivity contribution in [1.82, 2.24) is 9.80 Å². The van der Waals surface area contributed by atoms with Crippen molar-refractivity contribution >= 4 is 5.91 Å². The van der Waals surface area contributed by atoms with Crippen LogP contribution < -0.4 is 4.74 Å². The van der Waals surface area contributed by atoms with E-state index in [1.54, 1.807) is 7.11 Å². The van der Waals surface area contributed by atoms with Crippen LogP contribution in [0.1, 0.15) is 47.2 Å². The first-order valence-corrected chi connectivity index (χ1v) is 11.5. The van der Waals surface area contributed by atoms with E-state index in [0.717, 1.165) is 43.8 Å². The van der Waals surface area contributed by atoms with Crippen molar-refractivity contribution in [3.63, 3.8) is 0 Å². The van der Waals surface area contributed by atoms with Crippen LogP contribution in [0, 0.1) is 6.92 Å². The van der Waals surface area contributed by atoms with Gasteiger partial charge in [-0.1, -0.05) is 42.7 Å². The zero-order chi connectivity index (χ0) is 21.6. The van der Waals surface area contributed by atoms with Gasteiger partial charge in [0.15, 0.2) is 0 Å². The van der Waals surface area contributed by atoms with Crippen LogP contribution in [0.4, 0.5) is 0 Å². The van der Waals surface area contributed by atoms with Gasteiger partial charge in [0.05, 0.1) is 19.8 Å². The Morgan fingerprint density at radius 1 is 1.10 bits per heavy atom. The molecule has 2 aromatic rings. The molecule has 2 aromatic carbocycles. The predicted octanol–water partition coefficient (Wildman–Crippen LogP) is 4.29. The fraction of sp³-hybridized carbons (Fsp3) is 0.500. The molecule has 0 N–H and O–H groups in total. The number of aryl methyl sites for hydroxylation is 1. The van der Waals surface area contributed by atoms with Crippen LogP contribution in [0.3, 0.4) is 0 Å². The molecular weight excluding hydrogens is 388 g/mol. The Kier molecular flexibility index (Phi) is 7.25. The normalized spacial score (nSPS) is 20.0. The molecule has 1 aliphatic heterocycles. The smallest absolute Gasteiger partial charge is 0.254 e. The van der Waals surface area contributed by atoms with Crippen molar-refractivity contribution in [3.05, 3.63) is 65.2 Å². The van der Waals surface area contributed by atoms with Crippen LogP contribution >= 0.6 is 0 Å². The van der Waals surface area contributed by atoms with E-state index in [0.29, 0.717) is 19.2 Å². The van der Waals surface area contributed by atoms with Crippen molar-refractivity contribution in [2.24, 2.45) is 0 Å². The average molecular weight is 423 g/mol. The van der Waals surface area contributed by atoms with Gasteiger partial charge in [0.25, 0.3) is 5.91 Å². The second-order valence-corrected chi connectivity index (χ2v) is 8.84. The molecule has 166 valence electrons. The number of nitrogens with zero attached hydrogens (tertiary/aromatic N) is 2. The number of hydrogen-bond acceptors (Lipinski definition) is 4. The minimum absolute atomic E-state index is 0.0435. The second kappa shape index (κ2) is 10.3. The number of benzene rings is 2. The van der Waals surface area contributed by atoms with Crippen molar-refractivity contribution in [1.29, 1.82) is 0 Å². The standard InChI is InChI=1S/C26H34N2O3/c1-20-7-11-22(12-8-20)26(29)28(23-5-3-4-6-23)19-25-18-27(15-16-31-25)17-21-9-13-24(30-2)14-10-21/h7-14,23,25H,3-6,15-19H2,1-2H3/t25-/m1/s1. The highest BCUT2D eigenvalue weighted by Crippen LogP contribution is 2.26. The monoisotopic (exact) mass is 422 g/mol. The summed E-state index contributed by atoms with van der Waals surface area (Å²) < 4.78 is 11.4. The average Bonchev–Trinajstić information content (AvgIpc) is 3.33. The third-order valence-electron chi connectivity index (χ3n) is 6.51. The molecule has 2 aliphatic rings. The molecule has 0 aromatic heterocycles. The molecule has 1 atom stereocenters. The second-order valence-electron chi connectivity index (χ2n) is 8.84. The summed E-state index contributed by atoms with van der Waals surface area (Å²) in [6.45, 7) is 6.07. The van der Waals surface area contributed by atoms with Crippen LogP contribution in [-0.4, -0.2) is 61.2 Å². The molecule has 31 heavy (non-hydrogen) atoms. The van der Waals surface area contributed by atoms with Gasteiger partial charge in [-0.3, -0.25) is 9.69 Å². The van der Waals surface area contributed by atoms with Crippen LogP contribution in [0.25, 0.3) is 0 Å². The summed E-state index contributed by atoms with van der Waals surface area (Å²) in [7, 11) is 1.69. The molecule has 1 amide bonds. The molecule has 2 fully saturated rings. The third kappa shape index (κ3) is 5.66. The first-order chi connectivity index (χ1) is 15.1. The number of hydrogen-bond donors (Lipinski definition) is 0. The Labute approximate surface area is 185 Å². The molecule has 1 saturated carbocycles. The van der Waals surface area contributed by atoms with E-state index in [4.69, 9.17) is 9.47 Å². The summed E-state index contributed by atoms with van der Waals surface area (Å²) in [5.41, 5.74) is 3.22. The van der Waals surface area contributed by atoms with Crippen molar-refractivity contribution < 1.29 is 14.3 Å². The van der Waals surface area contributed by atoms with Gasteiger partial charge in [0, 0.05) is 37.8 Å². The number of amides is 1. The lowest BCUT2D eigenvalue weighted by Gasteiger charge is -2.38. The zero-order valence-corrected chi connectivity index (χ0v) is 18.8. The highest BCUT2D eigenvalue weighted by molar-refractivity contribution is 5.94. The van der Waals surface area contributed by atoms with Gasteiger partial charge in [-0.05, 0) is 49.6 Å². The lowest BCUT2D eigenvalue weighted by Crippen LogP contribution is -2.50. The first-order valence-electron chi connectivity index (χ1n) is 11.5. The summed E-state index contributed by atoms with van der Waals surface area (Å²) in [5.74, 6) is 1.02. The van der Waals surface area contributed by atoms with Gasteiger partial charge < -0.3 is 14.4 Å². The lowest BCUT2D eigenvalue weighted by atomic mass is 10.1. The molecule has 0 bridgehead atoms. The molecule has 1 heterocycles. The summed E-state index contributed by atoms with van der Waals surface area (Å²) >= 11 is 0. The van der Waals surface area contributed by atoms with Gasteiger partial charge in [-0.25, -0.2) is 0 Å². The summed E-state index contributed by atoms with van der Waals surface area (Å²) in [4.78, 5) is 17.9. The minimum Gasteiger partial charge on any atom is -0.497 e. The maximum Gasteiger partial charge on any atom is 0.254 e. The maximum absolute atomic E-state index is 13.4. The highest BCUT2D eigenvalue weighted by atomic mass is 16.5. The number of carbonyl (C=O) groups excluding carboxylic acids is 1. The van der Waals surface area contributed by atoms with E-state index >= 15 is 0 Å². The molecule has 0 spiro atoms. The molecule has 0 unspecified atom stereocenters. The molecule has 4 rings (SSSR count). The van der Waals surface area contributed by atoms with Gasteiger partial charge in [-0.2, -0.15) is 0 Å².